The molecule has 0 unspecified atom stereocenters. The van der Waals surface area contributed by atoms with Gasteiger partial charge in [0.2, 0.25) is 0 Å². The van der Waals surface area contributed by atoms with Gasteiger partial charge in [0, 0.05) is 12.7 Å². The van der Waals surface area contributed by atoms with Crippen molar-refractivity contribution in [1.82, 2.24) is 0 Å². The quantitative estimate of drug-likeness (QED) is 0.240. The van der Waals surface area contributed by atoms with Crippen LogP contribution in [0.15, 0.2) is 0 Å². The van der Waals surface area contributed by atoms with Gasteiger partial charge in [-0.25, -0.2) is 0 Å². The fourth-order valence-electron chi connectivity index (χ4n) is 10.5. The molecule has 0 spiro atoms. The number of hydrogen-bond acceptors (Lipinski definition) is 3. The number of rotatable bonds is 10. The van der Waals surface area contributed by atoms with Gasteiger partial charge in [-0.05, 0) is 146 Å². The van der Waals surface area contributed by atoms with Crippen LogP contribution in [0.25, 0.3) is 0 Å². The Labute approximate surface area is 277 Å². The lowest BCUT2D eigenvalue weighted by atomic mass is 9.43. The number of hydrogen-bond donors (Lipinski definition) is 1. The molecule has 0 amide bonds. The maximum absolute atomic E-state index is 11.9. The Bertz CT molecular complexity index is 965. The second kappa shape index (κ2) is 13.0. The largest absolute Gasteiger partial charge is 0.417 e. The molecule has 3 nitrogen and oxygen atoms in total. The van der Waals surface area contributed by atoms with Crippen molar-refractivity contribution in [3.63, 3.8) is 0 Å². The molecule has 4 saturated carbocycles. The first-order valence-corrected chi connectivity index (χ1v) is 24.8. The van der Waals surface area contributed by atoms with Crippen molar-refractivity contribution in [1.29, 1.82) is 0 Å². The highest BCUT2D eigenvalue weighted by molar-refractivity contribution is 6.74. The third-order valence-electron chi connectivity index (χ3n) is 15.6. The van der Waals surface area contributed by atoms with Crippen LogP contribution in [-0.2, 0) is 8.85 Å². The van der Waals surface area contributed by atoms with Crippen LogP contribution in [0.4, 0.5) is 0 Å². The Morgan fingerprint density at radius 3 is 1.98 bits per heavy atom. The minimum atomic E-state index is -1.77. The zero-order chi connectivity index (χ0) is 33.1. The molecule has 0 saturated heterocycles. The predicted molar refractivity (Wildman–Crippen MR) is 194 cm³/mol. The molecule has 258 valence electrons. The average molecular weight is 649 g/mol. The van der Waals surface area contributed by atoms with Crippen molar-refractivity contribution in [3.05, 3.63) is 0 Å². The molecule has 0 bridgehead atoms. The first kappa shape index (κ1) is 37.1. The molecular formula is C39H76O3Si2. The molecular weight excluding hydrogens is 573 g/mol. The lowest BCUT2D eigenvalue weighted by Crippen LogP contribution is -2.59. The van der Waals surface area contributed by atoms with E-state index < -0.39 is 16.6 Å². The number of fused-ring (bicyclic) bond motifs is 5. The van der Waals surface area contributed by atoms with Crippen molar-refractivity contribution in [2.45, 2.75) is 188 Å². The smallest absolute Gasteiger partial charge is 0.192 e. The first-order chi connectivity index (χ1) is 20.0. The topological polar surface area (TPSA) is 38.7 Å². The third kappa shape index (κ3) is 7.18. The van der Waals surface area contributed by atoms with Gasteiger partial charge in [0.25, 0.3) is 0 Å². The van der Waals surface area contributed by atoms with Gasteiger partial charge in [0.15, 0.2) is 16.6 Å². The number of aliphatic hydroxyl groups is 1. The van der Waals surface area contributed by atoms with Gasteiger partial charge in [-0.2, -0.15) is 0 Å². The molecule has 44 heavy (non-hydrogen) atoms. The summed E-state index contributed by atoms with van der Waals surface area (Å²) in [7, 11) is -3.43. The molecule has 0 aromatic heterocycles. The van der Waals surface area contributed by atoms with Crippen LogP contribution in [0.3, 0.4) is 0 Å². The maximum Gasteiger partial charge on any atom is 0.192 e. The second-order valence-electron chi connectivity index (χ2n) is 20.4. The molecule has 5 heteroatoms. The lowest BCUT2D eigenvalue weighted by molar-refractivity contribution is -0.173. The second-order valence-corrected chi connectivity index (χ2v) is 29.9. The highest BCUT2D eigenvalue weighted by Crippen LogP contribution is 2.68. The normalized spacial score (nSPS) is 39.8. The van der Waals surface area contributed by atoms with Crippen LogP contribution in [0, 0.1) is 52.3 Å². The summed E-state index contributed by atoms with van der Waals surface area (Å²) in [5.74, 6) is 4.77. The fraction of sp³-hybridized carbons (Fsp3) is 1.00. The molecule has 0 aromatic rings. The fourth-order valence-corrected chi connectivity index (χ4v) is 13.0. The highest BCUT2D eigenvalue weighted by atomic mass is 28.4. The van der Waals surface area contributed by atoms with Crippen LogP contribution >= 0.6 is 0 Å². The van der Waals surface area contributed by atoms with E-state index in [1.807, 2.05) is 0 Å². The molecule has 4 rings (SSSR count). The zero-order valence-corrected chi connectivity index (χ0v) is 33.9. The van der Waals surface area contributed by atoms with Crippen molar-refractivity contribution in [3.8, 4) is 0 Å². The van der Waals surface area contributed by atoms with E-state index in [-0.39, 0.29) is 16.2 Å². The van der Waals surface area contributed by atoms with Gasteiger partial charge in [0.1, 0.15) is 0 Å². The summed E-state index contributed by atoms with van der Waals surface area (Å²) < 4.78 is 13.5. The van der Waals surface area contributed by atoms with Crippen LogP contribution in [0.2, 0.25) is 36.3 Å². The Hall–Kier alpha value is 0.314. The summed E-state index contributed by atoms with van der Waals surface area (Å²) in [6.07, 6.45) is 14.4. The third-order valence-corrected chi connectivity index (χ3v) is 24.6. The van der Waals surface area contributed by atoms with Crippen LogP contribution in [0.1, 0.15) is 140 Å². The standard InChI is InChI=1S/C39H76O3Si2/c1-27(26-41-43(11,12)36(3,4)5)16-15-17-28(2)31-18-19-32-35-33(21-23-39(31,32)10)38(9)22-20-30(24-29(38)25-34(35)40)42-44(13,14)37(6,7)8/h27-35,40H,15-26H2,1-14H3/t27-,28-,29-,30+,31-,32+,33+,34-,35+,38+,39-/m1/s1. The highest BCUT2D eigenvalue weighted by Gasteiger charge is 2.63. The zero-order valence-electron chi connectivity index (χ0n) is 31.9. The monoisotopic (exact) mass is 649 g/mol. The van der Waals surface area contributed by atoms with E-state index in [9.17, 15) is 5.11 Å². The molecule has 0 aromatic carbocycles. The van der Waals surface area contributed by atoms with Crippen LogP contribution in [-0.4, -0.2) is 40.6 Å². The van der Waals surface area contributed by atoms with E-state index >= 15 is 0 Å². The van der Waals surface area contributed by atoms with Crippen LogP contribution in [0.5, 0.6) is 0 Å². The van der Waals surface area contributed by atoms with Crippen molar-refractivity contribution in [2.24, 2.45) is 52.3 Å². The van der Waals surface area contributed by atoms with E-state index in [2.05, 4.69) is 95.4 Å². The van der Waals surface area contributed by atoms with Gasteiger partial charge in [0.05, 0.1) is 6.10 Å². The summed E-state index contributed by atoms with van der Waals surface area (Å²) in [6, 6.07) is 0. The maximum atomic E-state index is 11.9. The summed E-state index contributed by atoms with van der Waals surface area (Å²) in [5.41, 5.74) is 0.787. The average Bonchev–Trinajstić information content (AvgIpc) is 3.24. The summed E-state index contributed by atoms with van der Waals surface area (Å²) in [6.45, 7) is 34.9. The molecule has 0 heterocycles. The van der Waals surface area contributed by atoms with Gasteiger partial charge >= 0.3 is 0 Å². The minimum absolute atomic E-state index is 0.120. The molecule has 4 aliphatic rings. The van der Waals surface area contributed by atoms with Crippen molar-refractivity contribution < 1.29 is 14.0 Å². The predicted octanol–water partition coefficient (Wildman–Crippen LogP) is 11.5. The van der Waals surface area contributed by atoms with Crippen LogP contribution < -0.4 is 0 Å². The Kier molecular flexibility index (Phi) is 11.0. The lowest BCUT2D eigenvalue weighted by Gasteiger charge is -2.63. The van der Waals surface area contributed by atoms with Gasteiger partial charge in [-0.15, -0.1) is 0 Å². The Morgan fingerprint density at radius 1 is 0.773 bits per heavy atom. The van der Waals surface area contributed by atoms with Crippen molar-refractivity contribution >= 4 is 16.6 Å². The van der Waals surface area contributed by atoms with E-state index in [0.717, 1.165) is 24.9 Å². The molecule has 11 atom stereocenters. The minimum Gasteiger partial charge on any atom is -0.417 e. The molecule has 4 fully saturated rings. The first-order valence-electron chi connectivity index (χ1n) is 19.0. The van der Waals surface area contributed by atoms with E-state index in [1.54, 1.807) is 0 Å². The summed E-state index contributed by atoms with van der Waals surface area (Å²) in [4.78, 5) is 0. The van der Waals surface area contributed by atoms with Crippen molar-refractivity contribution in [2.75, 3.05) is 6.61 Å². The molecule has 1 N–H and O–H groups in total. The number of aliphatic hydroxyl groups excluding tert-OH is 1. The molecule has 4 aliphatic carbocycles. The van der Waals surface area contributed by atoms with Gasteiger partial charge < -0.3 is 14.0 Å². The molecule has 0 aliphatic heterocycles. The van der Waals surface area contributed by atoms with E-state index in [0.29, 0.717) is 46.5 Å². The van der Waals surface area contributed by atoms with E-state index in [1.165, 1.54) is 64.2 Å². The summed E-state index contributed by atoms with van der Waals surface area (Å²) >= 11 is 0. The SMILES string of the molecule is C[C@H](CCC[C@@H](C)[C@H]1CC[C@H]2[C@@H]3[C@H](O)C[C@H]4C[C@@H](O[Si](C)(C)C(C)(C)C)CC[C@]4(C)[C@H]3CC[C@]12C)CO[Si](C)(C)C(C)(C)C. The van der Waals surface area contributed by atoms with Gasteiger partial charge in [-0.1, -0.05) is 82.1 Å². The van der Waals surface area contributed by atoms with Gasteiger partial charge in [-0.3, -0.25) is 0 Å². The molecule has 0 radical (unpaired) electrons. The van der Waals surface area contributed by atoms with E-state index in [4.69, 9.17) is 8.85 Å². The Morgan fingerprint density at radius 2 is 1.36 bits per heavy atom. The summed E-state index contributed by atoms with van der Waals surface area (Å²) in [5, 5.41) is 12.5. The Balaban J connectivity index is 1.34.